The number of unbranched alkanes of at least 4 members (excludes halogenated alkanes) is 13. The van der Waals surface area contributed by atoms with Gasteiger partial charge in [0.25, 0.3) is 11.7 Å². The number of carbonyl (C=O) groups excluding carboxylic acids is 2. The molecule has 0 bridgehead atoms. The molecule has 0 aliphatic carbocycles. The molecule has 1 fully saturated rings. The lowest BCUT2D eigenvalue weighted by Gasteiger charge is -2.25. The number of aryl methyl sites for hydroxylation is 1. The van der Waals surface area contributed by atoms with Gasteiger partial charge in [0.15, 0.2) is 0 Å². The van der Waals surface area contributed by atoms with Crippen LogP contribution in [0.15, 0.2) is 54.1 Å². The van der Waals surface area contributed by atoms with E-state index in [0.717, 1.165) is 30.4 Å². The minimum Gasteiger partial charge on any atom is -0.507 e. The Morgan fingerprint density at radius 3 is 1.74 bits per heavy atom. The number of amides is 1. The van der Waals surface area contributed by atoms with E-state index in [9.17, 15) is 14.7 Å². The van der Waals surface area contributed by atoms with Crippen LogP contribution in [0.2, 0.25) is 5.02 Å². The third-order valence-corrected chi connectivity index (χ3v) is 8.06. The van der Waals surface area contributed by atoms with Gasteiger partial charge in [0.2, 0.25) is 0 Å². The molecule has 1 N–H and O–H groups in total. The fraction of sp³-hybridized carbons (Fsp3) is 0.529. The number of rotatable bonds is 17. The van der Waals surface area contributed by atoms with Gasteiger partial charge in [-0.3, -0.25) is 9.59 Å². The minimum atomic E-state index is -0.626. The number of ketones is 1. The first-order chi connectivity index (χ1) is 18.9. The van der Waals surface area contributed by atoms with E-state index in [1.54, 1.807) is 29.2 Å². The summed E-state index contributed by atoms with van der Waals surface area (Å²) in [5.41, 5.74) is 2.56. The van der Waals surface area contributed by atoms with Gasteiger partial charge in [0.1, 0.15) is 5.76 Å². The second kappa shape index (κ2) is 16.5. The van der Waals surface area contributed by atoms with Crippen molar-refractivity contribution in [1.82, 2.24) is 4.90 Å². The second-order valence-electron chi connectivity index (χ2n) is 11.0. The van der Waals surface area contributed by atoms with E-state index in [4.69, 9.17) is 11.6 Å². The predicted molar refractivity (Wildman–Crippen MR) is 162 cm³/mol. The molecular formula is C34H46ClNO3. The lowest BCUT2D eigenvalue weighted by atomic mass is 9.94. The Balaban J connectivity index is 1.52. The molecule has 4 nitrogen and oxygen atoms in total. The van der Waals surface area contributed by atoms with Crippen molar-refractivity contribution in [2.45, 2.75) is 110 Å². The first kappa shape index (κ1) is 30.9. The molecule has 1 atom stereocenters. The highest BCUT2D eigenvalue weighted by Gasteiger charge is 2.45. The van der Waals surface area contributed by atoms with Crippen molar-refractivity contribution in [1.29, 1.82) is 0 Å². The Kier molecular flexibility index (Phi) is 13.1. The maximum Gasteiger partial charge on any atom is 0.295 e. The van der Waals surface area contributed by atoms with Gasteiger partial charge in [0, 0.05) is 17.1 Å². The third kappa shape index (κ3) is 9.24. The molecule has 2 aromatic rings. The number of hydrogen-bond acceptors (Lipinski definition) is 3. The van der Waals surface area contributed by atoms with Crippen molar-refractivity contribution in [3.05, 3.63) is 75.8 Å². The molecule has 2 aromatic carbocycles. The fourth-order valence-corrected chi connectivity index (χ4v) is 5.57. The van der Waals surface area contributed by atoms with E-state index in [1.807, 2.05) is 31.2 Å². The maximum atomic E-state index is 13.2. The summed E-state index contributed by atoms with van der Waals surface area (Å²) in [6.07, 6.45) is 17.7. The summed E-state index contributed by atoms with van der Waals surface area (Å²) >= 11 is 6.01. The SMILES string of the molecule is CCCCCCCCCCCCCCCCN1C(=O)C(=O)/C(=C(/O)c2ccc(Cl)cc2)C1c1ccc(C)cc1. The first-order valence-corrected chi connectivity index (χ1v) is 15.4. The number of nitrogens with zero attached hydrogens (tertiary/aromatic N) is 1. The molecule has 1 unspecified atom stereocenters. The summed E-state index contributed by atoms with van der Waals surface area (Å²) < 4.78 is 0. The van der Waals surface area contributed by atoms with Gasteiger partial charge >= 0.3 is 0 Å². The summed E-state index contributed by atoms with van der Waals surface area (Å²) in [5.74, 6) is -1.32. The predicted octanol–water partition coefficient (Wildman–Crippen LogP) is 9.55. The molecular weight excluding hydrogens is 506 g/mol. The Morgan fingerprint density at radius 2 is 1.23 bits per heavy atom. The van der Waals surface area contributed by atoms with Crippen molar-refractivity contribution >= 4 is 29.1 Å². The summed E-state index contributed by atoms with van der Waals surface area (Å²) in [4.78, 5) is 27.9. The number of Topliss-reactive ketones (excluding diaryl/α,β-unsaturated/α-hetero) is 1. The highest BCUT2D eigenvalue weighted by molar-refractivity contribution is 6.46. The standard InChI is InChI=1S/C34H46ClNO3/c1-3-4-5-6-7-8-9-10-11-12-13-14-15-16-25-36-31(27-19-17-26(2)18-20-27)30(33(38)34(36)39)32(37)28-21-23-29(35)24-22-28/h17-24,31,37H,3-16,25H2,1-2H3/b32-30+. The van der Waals surface area contributed by atoms with Gasteiger partial charge in [-0.05, 0) is 43.2 Å². The zero-order chi connectivity index (χ0) is 28.0. The highest BCUT2D eigenvalue weighted by Crippen LogP contribution is 2.39. The molecule has 0 saturated carbocycles. The van der Waals surface area contributed by atoms with Crippen molar-refractivity contribution in [3.63, 3.8) is 0 Å². The van der Waals surface area contributed by atoms with E-state index >= 15 is 0 Å². The van der Waals surface area contributed by atoms with Crippen LogP contribution in [0.5, 0.6) is 0 Å². The van der Waals surface area contributed by atoms with Crippen LogP contribution >= 0.6 is 11.6 Å². The van der Waals surface area contributed by atoms with Gasteiger partial charge in [-0.2, -0.15) is 0 Å². The first-order valence-electron chi connectivity index (χ1n) is 15.0. The maximum absolute atomic E-state index is 13.2. The zero-order valence-corrected chi connectivity index (χ0v) is 24.6. The number of hydrogen-bond donors (Lipinski definition) is 1. The molecule has 1 amide bonds. The molecule has 0 radical (unpaired) electrons. The third-order valence-electron chi connectivity index (χ3n) is 7.80. The Hall–Kier alpha value is -2.59. The van der Waals surface area contributed by atoms with Gasteiger partial charge in [-0.1, -0.05) is 132 Å². The molecule has 1 aliphatic rings. The van der Waals surface area contributed by atoms with Crippen LogP contribution in [-0.4, -0.2) is 28.2 Å². The van der Waals surface area contributed by atoms with Crippen molar-refractivity contribution < 1.29 is 14.7 Å². The van der Waals surface area contributed by atoms with Gasteiger partial charge in [-0.15, -0.1) is 0 Å². The molecule has 1 aliphatic heterocycles. The molecule has 0 aromatic heterocycles. The molecule has 39 heavy (non-hydrogen) atoms. The molecule has 1 saturated heterocycles. The average Bonchev–Trinajstić information content (AvgIpc) is 3.18. The van der Waals surface area contributed by atoms with E-state index < -0.39 is 17.7 Å². The van der Waals surface area contributed by atoms with Crippen LogP contribution in [0, 0.1) is 6.92 Å². The van der Waals surface area contributed by atoms with Crippen LogP contribution in [-0.2, 0) is 9.59 Å². The zero-order valence-electron chi connectivity index (χ0n) is 23.9. The number of benzene rings is 2. The Morgan fingerprint density at radius 1 is 0.744 bits per heavy atom. The topological polar surface area (TPSA) is 57.6 Å². The lowest BCUT2D eigenvalue weighted by Crippen LogP contribution is -2.30. The molecule has 5 heteroatoms. The number of likely N-dealkylation sites (tertiary alicyclic amines) is 1. The molecule has 212 valence electrons. The van der Waals surface area contributed by atoms with Crippen molar-refractivity contribution in [3.8, 4) is 0 Å². The summed E-state index contributed by atoms with van der Waals surface area (Å²) in [7, 11) is 0. The normalized spacial score (nSPS) is 16.8. The number of carbonyl (C=O) groups is 2. The number of halogens is 1. The number of aliphatic hydroxyl groups is 1. The second-order valence-corrected chi connectivity index (χ2v) is 11.4. The van der Waals surface area contributed by atoms with Crippen LogP contribution in [0.1, 0.15) is 120 Å². The van der Waals surface area contributed by atoms with Gasteiger partial charge in [0.05, 0.1) is 11.6 Å². The van der Waals surface area contributed by atoms with Crippen LogP contribution < -0.4 is 0 Å². The van der Waals surface area contributed by atoms with Crippen LogP contribution in [0.3, 0.4) is 0 Å². The average molecular weight is 552 g/mol. The smallest absolute Gasteiger partial charge is 0.295 e. The summed E-state index contributed by atoms with van der Waals surface area (Å²) in [6, 6.07) is 13.9. The quantitative estimate of drug-likeness (QED) is 0.0921. The fourth-order valence-electron chi connectivity index (χ4n) is 5.45. The molecule has 3 rings (SSSR count). The van der Waals surface area contributed by atoms with Gasteiger partial charge < -0.3 is 10.0 Å². The molecule has 1 heterocycles. The largest absolute Gasteiger partial charge is 0.507 e. The highest BCUT2D eigenvalue weighted by atomic mass is 35.5. The van der Waals surface area contributed by atoms with Gasteiger partial charge in [-0.25, -0.2) is 0 Å². The van der Waals surface area contributed by atoms with Crippen molar-refractivity contribution in [2.75, 3.05) is 6.54 Å². The van der Waals surface area contributed by atoms with E-state index in [-0.39, 0.29) is 11.3 Å². The monoisotopic (exact) mass is 551 g/mol. The summed E-state index contributed by atoms with van der Waals surface area (Å²) in [5, 5.41) is 11.7. The van der Waals surface area contributed by atoms with Crippen LogP contribution in [0.4, 0.5) is 0 Å². The van der Waals surface area contributed by atoms with Crippen LogP contribution in [0.25, 0.3) is 5.76 Å². The minimum absolute atomic E-state index is 0.150. The number of aliphatic hydroxyl groups excluding tert-OH is 1. The van der Waals surface area contributed by atoms with Crippen molar-refractivity contribution in [2.24, 2.45) is 0 Å². The van der Waals surface area contributed by atoms with E-state index in [2.05, 4.69) is 6.92 Å². The van der Waals surface area contributed by atoms with E-state index in [1.165, 1.54) is 70.6 Å². The van der Waals surface area contributed by atoms with E-state index in [0.29, 0.717) is 17.1 Å². The Bertz CT molecular complexity index is 1070. The lowest BCUT2D eigenvalue weighted by molar-refractivity contribution is -0.139. The summed E-state index contributed by atoms with van der Waals surface area (Å²) in [6.45, 7) is 4.76. The molecule has 0 spiro atoms. The Labute approximate surface area is 240 Å².